The molecule has 0 aliphatic carbocycles. The van der Waals surface area contributed by atoms with Crippen LogP contribution in [-0.4, -0.2) is 41.7 Å². The van der Waals surface area contributed by atoms with Gasteiger partial charge >= 0.3 is 12.0 Å². The van der Waals surface area contributed by atoms with Gasteiger partial charge in [-0.25, -0.2) is 9.59 Å². The van der Waals surface area contributed by atoms with Crippen molar-refractivity contribution in [2.75, 3.05) is 13.2 Å². The van der Waals surface area contributed by atoms with Crippen LogP contribution in [0.25, 0.3) is 0 Å². The molecule has 0 unspecified atom stereocenters. The molecule has 156 valence electrons. The fourth-order valence-corrected chi connectivity index (χ4v) is 2.98. The van der Waals surface area contributed by atoms with Crippen LogP contribution in [0.15, 0.2) is 42.5 Å². The summed E-state index contributed by atoms with van der Waals surface area (Å²) < 4.78 is 10.9. The van der Waals surface area contributed by atoms with E-state index < -0.39 is 12.0 Å². The highest BCUT2D eigenvalue weighted by atomic mass is 16.5. The number of imide groups is 1. The van der Waals surface area contributed by atoms with Crippen LogP contribution in [0, 0.1) is 0 Å². The quantitative estimate of drug-likeness (QED) is 0.408. The summed E-state index contributed by atoms with van der Waals surface area (Å²) in [4.78, 5) is 48.4. The van der Waals surface area contributed by atoms with Crippen LogP contribution in [0.3, 0.4) is 0 Å². The molecular formula is C22H22N2O6. The van der Waals surface area contributed by atoms with Crippen molar-refractivity contribution in [3.63, 3.8) is 0 Å². The highest BCUT2D eigenvalue weighted by Crippen LogP contribution is 2.22. The first-order chi connectivity index (χ1) is 14.4. The molecule has 1 aliphatic rings. The third kappa shape index (κ3) is 4.83. The van der Waals surface area contributed by atoms with E-state index in [0.29, 0.717) is 34.6 Å². The zero-order chi connectivity index (χ0) is 21.7. The van der Waals surface area contributed by atoms with Gasteiger partial charge in [-0.1, -0.05) is 12.1 Å². The van der Waals surface area contributed by atoms with Gasteiger partial charge in [-0.05, 0) is 49.7 Å². The number of amides is 3. The van der Waals surface area contributed by atoms with Crippen LogP contribution in [-0.2, 0) is 22.7 Å². The molecule has 0 bridgehead atoms. The van der Waals surface area contributed by atoms with E-state index >= 15 is 0 Å². The van der Waals surface area contributed by atoms with Gasteiger partial charge in [0, 0.05) is 11.1 Å². The van der Waals surface area contributed by atoms with Crippen LogP contribution >= 0.6 is 0 Å². The summed E-state index contributed by atoms with van der Waals surface area (Å²) in [6.45, 7) is 3.84. The van der Waals surface area contributed by atoms with Gasteiger partial charge in [0.05, 0.1) is 25.3 Å². The Balaban J connectivity index is 1.65. The Bertz CT molecular complexity index is 968. The first kappa shape index (κ1) is 21.0. The fraction of sp³-hybridized carbons (Fsp3) is 0.273. The van der Waals surface area contributed by atoms with Crippen molar-refractivity contribution in [3.8, 4) is 5.75 Å². The lowest BCUT2D eigenvalue weighted by Crippen LogP contribution is -2.30. The van der Waals surface area contributed by atoms with E-state index in [1.54, 1.807) is 42.5 Å². The first-order valence-electron chi connectivity index (χ1n) is 9.50. The predicted octanol–water partition coefficient (Wildman–Crippen LogP) is 2.70. The van der Waals surface area contributed by atoms with Gasteiger partial charge < -0.3 is 14.8 Å². The number of ether oxygens (including phenoxy) is 2. The highest BCUT2D eigenvalue weighted by Gasteiger charge is 2.28. The lowest BCUT2D eigenvalue weighted by Gasteiger charge is -2.13. The zero-order valence-corrected chi connectivity index (χ0v) is 16.8. The highest BCUT2D eigenvalue weighted by molar-refractivity contribution is 6.01. The summed E-state index contributed by atoms with van der Waals surface area (Å²) >= 11 is 0. The second-order valence-corrected chi connectivity index (χ2v) is 6.72. The number of nitrogens with zero attached hydrogens (tertiary/aromatic N) is 1. The van der Waals surface area contributed by atoms with Crippen molar-refractivity contribution >= 4 is 23.7 Å². The molecule has 2 aromatic carbocycles. The largest absolute Gasteiger partial charge is 0.493 e. The summed E-state index contributed by atoms with van der Waals surface area (Å²) in [6.07, 6.45) is 0. The van der Waals surface area contributed by atoms with Gasteiger partial charge in [0.25, 0.3) is 0 Å². The second kappa shape index (κ2) is 9.21. The molecule has 30 heavy (non-hydrogen) atoms. The minimum Gasteiger partial charge on any atom is -0.493 e. The van der Waals surface area contributed by atoms with E-state index in [0.717, 1.165) is 4.90 Å². The number of hydrogen-bond donors (Lipinski definition) is 1. The molecule has 0 spiro atoms. The third-order valence-electron chi connectivity index (χ3n) is 4.59. The number of benzene rings is 2. The van der Waals surface area contributed by atoms with Gasteiger partial charge in [0.1, 0.15) is 12.4 Å². The summed E-state index contributed by atoms with van der Waals surface area (Å²) in [5.41, 5.74) is 2.16. The number of hydrogen-bond acceptors (Lipinski definition) is 6. The maximum atomic E-state index is 12.4. The molecule has 1 fully saturated rings. The van der Waals surface area contributed by atoms with Gasteiger partial charge in [0.2, 0.25) is 5.91 Å². The van der Waals surface area contributed by atoms with E-state index in [1.165, 1.54) is 6.92 Å². The monoisotopic (exact) mass is 410 g/mol. The van der Waals surface area contributed by atoms with E-state index in [-0.39, 0.29) is 31.4 Å². The van der Waals surface area contributed by atoms with Crippen molar-refractivity contribution in [3.05, 3.63) is 64.7 Å². The molecular weight excluding hydrogens is 388 g/mol. The first-order valence-corrected chi connectivity index (χ1v) is 9.50. The maximum absolute atomic E-state index is 12.4. The number of carbonyl (C=O) groups is 4. The number of esters is 1. The summed E-state index contributed by atoms with van der Waals surface area (Å²) in [5, 5.41) is 2.46. The Morgan fingerprint density at radius 3 is 2.37 bits per heavy atom. The van der Waals surface area contributed by atoms with Gasteiger partial charge in [-0.2, -0.15) is 0 Å². The van der Waals surface area contributed by atoms with E-state index in [4.69, 9.17) is 9.47 Å². The van der Waals surface area contributed by atoms with E-state index in [1.807, 2.05) is 6.92 Å². The minimum atomic E-state index is -0.535. The van der Waals surface area contributed by atoms with Crippen LogP contribution < -0.4 is 10.1 Å². The number of carbonyl (C=O) groups excluding carboxylic acids is 4. The predicted molar refractivity (Wildman–Crippen MR) is 107 cm³/mol. The molecule has 0 aromatic heterocycles. The fourth-order valence-electron chi connectivity index (χ4n) is 2.98. The van der Waals surface area contributed by atoms with Crippen LogP contribution in [0.1, 0.15) is 45.7 Å². The topological polar surface area (TPSA) is 102 Å². The summed E-state index contributed by atoms with van der Waals surface area (Å²) in [5.74, 6) is -0.362. The minimum absolute atomic E-state index is 0.00218. The lowest BCUT2D eigenvalue weighted by molar-refractivity contribution is -0.125. The maximum Gasteiger partial charge on any atom is 0.338 e. The zero-order valence-electron chi connectivity index (χ0n) is 16.8. The summed E-state index contributed by atoms with van der Waals surface area (Å²) in [6, 6.07) is 11.1. The SMILES string of the molecule is CCOc1ccc(C(C)=O)cc1COC(=O)c1ccc(CN2C(=O)CNC2=O)cc1. The molecule has 1 N–H and O–H groups in total. The number of nitrogens with one attached hydrogen (secondary N) is 1. The van der Waals surface area contributed by atoms with Crippen LogP contribution in [0.4, 0.5) is 4.79 Å². The van der Waals surface area contributed by atoms with Crippen molar-refractivity contribution in [1.82, 2.24) is 10.2 Å². The van der Waals surface area contributed by atoms with E-state index in [2.05, 4.69) is 5.32 Å². The Labute approximate surface area is 173 Å². The molecule has 0 radical (unpaired) electrons. The molecule has 2 aromatic rings. The number of urea groups is 1. The molecule has 1 heterocycles. The Kier molecular flexibility index (Phi) is 6.46. The number of ketones is 1. The molecule has 8 nitrogen and oxygen atoms in total. The van der Waals surface area contributed by atoms with E-state index in [9.17, 15) is 19.2 Å². The van der Waals surface area contributed by atoms with Gasteiger partial charge in [-0.3, -0.25) is 14.5 Å². The average molecular weight is 410 g/mol. The number of Topliss-reactive ketones (excluding diaryl/α,β-unsaturated/α-hetero) is 1. The van der Waals surface area contributed by atoms with Gasteiger partial charge in [-0.15, -0.1) is 0 Å². The van der Waals surface area contributed by atoms with Crippen LogP contribution in [0.5, 0.6) is 5.75 Å². The van der Waals surface area contributed by atoms with Crippen molar-refractivity contribution in [1.29, 1.82) is 0 Å². The lowest BCUT2D eigenvalue weighted by atomic mass is 10.1. The average Bonchev–Trinajstić information content (AvgIpc) is 3.05. The molecule has 8 heteroatoms. The molecule has 1 aliphatic heterocycles. The Hall–Kier alpha value is -3.68. The molecule has 0 atom stereocenters. The molecule has 3 amide bonds. The molecule has 1 saturated heterocycles. The summed E-state index contributed by atoms with van der Waals surface area (Å²) in [7, 11) is 0. The second-order valence-electron chi connectivity index (χ2n) is 6.72. The van der Waals surface area contributed by atoms with Gasteiger partial charge in [0.15, 0.2) is 5.78 Å². The van der Waals surface area contributed by atoms with Crippen molar-refractivity contribution < 1.29 is 28.7 Å². The van der Waals surface area contributed by atoms with Crippen molar-refractivity contribution in [2.24, 2.45) is 0 Å². The standard InChI is InChI=1S/C22H22N2O6/c1-3-29-19-9-8-17(14(2)25)10-18(19)13-30-21(27)16-6-4-15(5-7-16)12-24-20(26)11-23-22(24)28/h4-10H,3,11-13H2,1-2H3,(H,23,28). The third-order valence-corrected chi connectivity index (χ3v) is 4.59. The normalized spacial score (nSPS) is 13.2. The molecule has 0 saturated carbocycles. The Morgan fingerprint density at radius 2 is 1.77 bits per heavy atom. The van der Waals surface area contributed by atoms with Crippen molar-refractivity contribution in [2.45, 2.75) is 27.0 Å². The Morgan fingerprint density at radius 1 is 1.07 bits per heavy atom. The smallest absolute Gasteiger partial charge is 0.338 e. The number of rotatable bonds is 8. The van der Waals surface area contributed by atoms with Crippen LogP contribution in [0.2, 0.25) is 0 Å². The molecule has 3 rings (SSSR count).